The van der Waals surface area contributed by atoms with Gasteiger partial charge in [-0.15, -0.1) is 0 Å². The highest BCUT2D eigenvalue weighted by atomic mass is 16.5. The van der Waals surface area contributed by atoms with Gasteiger partial charge in [0.2, 0.25) is 5.91 Å². The highest BCUT2D eigenvalue weighted by Gasteiger charge is 2.29. The van der Waals surface area contributed by atoms with Crippen LogP contribution in [0.3, 0.4) is 0 Å². The van der Waals surface area contributed by atoms with Crippen molar-refractivity contribution in [3.63, 3.8) is 0 Å². The maximum Gasteiger partial charge on any atom is 0.251 e. The zero-order valence-corrected chi connectivity index (χ0v) is 24.7. The van der Waals surface area contributed by atoms with E-state index in [1.165, 1.54) is 6.42 Å². The van der Waals surface area contributed by atoms with E-state index in [9.17, 15) is 14.4 Å². The molecule has 41 heavy (non-hydrogen) atoms. The summed E-state index contributed by atoms with van der Waals surface area (Å²) in [6.45, 7) is 6.17. The summed E-state index contributed by atoms with van der Waals surface area (Å²) in [6, 6.07) is 13.0. The Morgan fingerprint density at radius 1 is 1.02 bits per heavy atom. The predicted molar refractivity (Wildman–Crippen MR) is 159 cm³/mol. The number of methoxy groups -OCH3 is 1. The molecule has 0 bridgehead atoms. The average Bonchev–Trinajstić information content (AvgIpc) is 3.00. The lowest BCUT2D eigenvalue weighted by Crippen LogP contribution is -2.45. The van der Waals surface area contributed by atoms with Crippen LogP contribution >= 0.6 is 0 Å². The van der Waals surface area contributed by atoms with Gasteiger partial charge in [-0.25, -0.2) is 0 Å². The number of carbonyl (C=O) groups excluding carboxylic acids is 3. The molecule has 2 aromatic rings. The summed E-state index contributed by atoms with van der Waals surface area (Å²) in [4.78, 5) is 40.6. The number of rotatable bonds is 12. The molecule has 222 valence electrons. The third-order valence-electron chi connectivity index (χ3n) is 8.41. The molecule has 8 nitrogen and oxygen atoms in total. The van der Waals surface area contributed by atoms with Gasteiger partial charge in [-0.3, -0.25) is 14.4 Å². The second-order valence-electron chi connectivity index (χ2n) is 11.3. The van der Waals surface area contributed by atoms with Crippen molar-refractivity contribution in [2.24, 2.45) is 5.92 Å². The van der Waals surface area contributed by atoms with Gasteiger partial charge in [-0.2, -0.15) is 0 Å². The van der Waals surface area contributed by atoms with Gasteiger partial charge in [0.15, 0.2) is 5.78 Å². The Bertz CT molecular complexity index is 1190. The molecular formula is C33H45N3O5. The number of carbonyl (C=O) groups is 3. The lowest BCUT2D eigenvalue weighted by Gasteiger charge is -2.33. The zero-order valence-electron chi connectivity index (χ0n) is 24.7. The Hall–Kier alpha value is -3.39. The first-order chi connectivity index (χ1) is 19.9. The van der Waals surface area contributed by atoms with E-state index >= 15 is 0 Å². The Kier molecular flexibility index (Phi) is 11.2. The molecule has 2 aliphatic rings. The fourth-order valence-corrected chi connectivity index (χ4v) is 6.17. The molecule has 0 aromatic heterocycles. The van der Waals surface area contributed by atoms with E-state index in [-0.39, 0.29) is 36.0 Å². The SMILES string of the molecule is CCOc1cc(OC)ccc1CNCC(=O)N1CCCC(c2cccc(C(=O)NC(C(C)=O)C3CCCCC3)c2)C1. The molecule has 2 atom stereocenters. The molecule has 2 fully saturated rings. The molecular weight excluding hydrogens is 518 g/mol. The minimum absolute atomic E-state index is 0.0255. The number of piperidine rings is 1. The second-order valence-corrected chi connectivity index (χ2v) is 11.3. The van der Waals surface area contributed by atoms with Gasteiger partial charge in [0, 0.05) is 42.7 Å². The fraction of sp³-hybridized carbons (Fsp3) is 0.545. The van der Waals surface area contributed by atoms with Crippen LogP contribution in [0.2, 0.25) is 0 Å². The van der Waals surface area contributed by atoms with Crippen molar-refractivity contribution in [2.45, 2.75) is 77.3 Å². The van der Waals surface area contributed by atoms with Crippen molar-refractivity contribution in [2.75, 3.05) is 33.4 Å². The summed E-state index contributed by atoms with van der Waals surface area (Å²) in [5, 5.41) is 6.31. The Balaban J connectivity index is 1.33. The lowest BCUT2D eigenvalue weighted by atomic mass is 9.82. The molecule has 0 radical (unpaired) electrons. The normalized spacial score (nSPS) is 18.4. The largest absolute Gasteiger partial charge is 0.497 e. The number of ether oxygens (including phenoxy) is 2. The molecule has 1 aliphatic carbocycles. The topological polar surface area (TPSA) is 97.0 Å². The molecule has 2 amide bonds. The molecule has 1 saturated carbocycles. The third-order valence-corrected chi connectivity index (χ3v) is 8.41. The van der Waals surface area contributed by atoms with Crippen molar-refractivity contribution in [3.8, 4) is 11.5 Å². The predicted octanol–water partition coefficient (Wildman–Crippen LogP) is 4.86. The quantitative estimate of drug-likeness (QED) is 0.383. The average molecular weight is 564 g/mol. The minimum Gasteiger partial charge on any atom is -0.497 e. The summed E-state index contributed by atoms with van der Waals surface area (Å²) < 4.78 is 11.0. The molecule has 2 unspecified atom stereocenters. The van der Waals surface area contributed by atoms with E-state index in [0.29, 0.717) is 25.3 Å². The third kappa shape index (κ3) is 8.32. The molecule has 4 rings (SSSR count). The molecule has 1 aliphatic heterocycles. The first-order valence-corrected chi connectivity index (χ1v) is 15.1. The Morgan fingerprint density at radius 3 is 2.56 bits per heavy atom. The number of likely N-dealkylation sites (tertiary alicyclic amines) is 1. The molecule has 2 N–H and O–H groups in total. The number of ketones is 1. The fourth-order valence-electron chi connectivity index (χ4n) is 6.17. The number of Topliss-reactive ketones (excluding diaryl/α,β-unsaturated/α-hetero) is 1. The van der Waals surface area contributed by atoms with Gasteiger partial charge in [0.25, 0.3) is 5.91 Å². The number of amides is 2. The van der Waals surface area contributed by atoms with E-state index in [0.717, 1.165) is 67.7 Å². The molecule has 1 saturated heterocycles. The van der Waals surface area contributed by atoms with Gasteiger partial charge in [-0.05, 0) is 69.2 Å². The number of hydrogen-bond acceptors (Lipinski definition) is 6. The van der Waals surface area contributed by atoms with E-state index in [2.05, 4.69) is 10.6 Å². The monoisotopic (exact) mass is 563 g/mol. The van der Waals surface area contributed by atoms with E-state index in [4.69, 9.17) is 9.47 Å². The minimum atomic E-state index is -0.427. The van der Waals surface area contributed by atoms with Gasteiger partial charge >= 0.3 is 0 Å². The van der Waals surface area contributed by atoms with E-state index in [1.807, 2.05) is 54.3 Å². The highest BCUT2D eigenvalue weighted by molar-refractivity contribution is 5.97. The standard InChI is InChI=1S/C33H45N3O5/c1-4-41-30-19-29(40-3)16-15-27(30)20-34-21-31(38)36-17-9-14-28(22-36)25-12-8-13-26(18-25)33(39)35-32(23(2)37)24-10-6-5-7-11-24/h8,12-13,15-16,18-19,24,28,32,34H,4-7,9-11,14,17,20-22H2,1-3H3,(H,35,39). The van der Waals surface area contributed by atoms with Crippen LogP contribution in [0.15, 0.2) is 42.5 Å². The van der Waals surface area contributed by atoms with Crippen LogP contribution in [0.1, 0.15) is 86.2 Å². The van der Waals surface area contributed by atoms with Crippen LogP contribution in [0.5, 0.6) is 11.5 Å². The molecule has 1 heterocycles. The van der Waals surface area contributed by atoms with E-state index < -0.39 is 6.04 Å². The highest BCUT2D eigenvalue weighted by Crippen LogP contribution is 2.29. The number of nitrogens with one attached hydrogen (secondary N) is 2. The molecule has 0 spiro atoms. The summed E-state index contributed by atoms with van der Waals surface area (Å²) in [5.74, 6) is 1.75. The van der Waals surface area contributed by atoms with Crippen LogP contribution in [0.4, 0.5) is 0 Å². The van der Waals surface area contributed by atoms with Crippen LogP contribution in [-0.4, -0.2) is 61.9 Å². The number of nitrogens with zero attached hydrogens (tertiary/aromatic N) is 1. The van der Waals surface area contributed by atoms with Gasteiger partial charge < -0.3 is 25.0 Å². The summed E-state index contributed by atoms with van der Waals surface area (Å²) >= 11 is 0. The van der Waals surface area contributed by atoms with Crippen LogP contribution in [0.25, 0.3) is 0 Å². The summed E-state index contributed by atoms with van der Waals surface area (Å²) in [5.41, 5.74) is 2.60. The summed E-state index contributed by atoms with van der Waals surface area (Å²) in [7, 11) is 1.63. The van der Waals surface area contributed by atoms with Crippen LogP contribution in [0, 0.1) is 5.92 Å². The number of hydrogen-bond donors (Lipinski definition) is 2. The molecule has 2 aromatic carbocycles. The number of benzene rings is 2. The Labute approximate surface area is 244 Å². The maximum atomic E-state index is 13.2. The zero-order chi connectivity index (χ0) is 29.2. The Morgan fingerprint density at radius 2 is 1.83 bits per heavy atom. The van der Waals surface area contributed by atoms with Crippen molar-refractivity contribution in [1.82, 2.24) is 15.5 Å². The van der Waals surface area contributed by atoms with Gasteiger partial charge in [0.05, 0.1) is 26.3 Å². The first kappa shape index (κ1) is 30.6. The van der Waals surface area contributed by atoms with Gasteiger partial charge in [-0.1, -0.05) is 37.5 Å². The van der Waals surface area contributed by atoms with Crippen molar-refractivity contribution in [3.05, 3.63) is 59.2 Å². The van der Waals surface area contributed by atoms with E-state index in [1.54, 1.807) is 14.0 Å². The van der Waals surface area contributed by atoms with Gasteiger partial charge in [0.1, 0.15) is 11.5 Å². The van der Waals surface area contributed by atoms with Crippen LogP contribution < -0.4 is 20.1 Å². The van der Waals surface area contributed by atoms with Crippen molar-refractivity contribution in [1.29, 1.82) is 0 Å². The van der Waals surface area contributed by atoms with Crippen molar-refractivity contribution < 1.29 is 23.9 Å². The second kappa shape index (κ2) is 15.0. The smallest absolute Gasteiger partial charge is 0.251 e. The molecule has 8 heteroatoms. The summed E-state index contributed by atoms with van der Waals surface area (Å²) in [6.07, 6.45) is 7.27. The first-order valence-electron chi connectivity index (χ1n) is 15.1. The maximum absolute atomic E-state index is 13.2. The lowest BCUT2D eigenvalue weighted by molar-refractivity contribution is -0.131. The van der Waals surface area contributed by atoms with Crippen LogP contribution in [-0.2, 0) is 16.1 Å². The van der Waals surface area contributed by atoms with Crippen molar-refractivity contribution >= 4 is 17.6 Å².